The Morgan fingerprint density at radius 1 is 1.41 bits per heavy atom. The van der Waals surface area contributed by atoms with E-state index in [1.807, 2.05) is 0 Å². The van der Waals surface area contributed by atoms with Crippen LogP contribution in [0.1, 0.15) is 23.7 Å². The number of sulfonamides is 1. The van der Waals surface area contributed by atoms with Gasteiger partial charge in [0.25, 0.3) is 0 Å². The van der Waals surface area contributed by atoms with Gasteiger partial charge in [0.1, 0.15) is 5.82 Å². The predicted molar refractivity (Wildman–Crippen MR) is 58.3 cm³/mol. The number of carbonyl (C=O) groups excluding carboxylic acids is 1. The molecule has 0 spiro atoms. The molecule has 1 aromatic rings. The zero-order valence-corrected chi connectivity index (χ0v) is 9.96. The fourth-order valence-corrected chi connectivity index (χ4v) is 1.69. The maximum absolute atomic E-state index is 13.1. The highest BCUT2D eigenvalue weighted by molar-refractivity contribution is 7.89. The molecule has 0 saturated carbocycles. The summed E-state index contributed by atoms with van der Waals surface area (Å²) < 4.78 is 39.9. The summed E-state index contributed by atoms with van der Waals surface area (Å²) in [4.78, 5) is 11.0. The lowest BCUT2D eigenvalue weighted by Gasteiger charge is -2.05. The Labute approximate surface area is 98.4 Å². The van der Waals surface area contributed by atoms with Gasteiger partial charge in [-0.1, -0.05) is 6.92 Å². The van der Waals surface area contributed by atoms with E-state index in [2.05, 4.69) is 0 Å². The van der Waals surface area contributed by atoms with E-state index in [1.54, 1.807) is 6.92 Å². The highest BCUT2D eigenvalue weighted by atomic mass is 32.2. The number of nitrogens with two attached hydrogens (primary N) is 1. The zero-order valence-electron chi connectivity index (χ0n) is 9.14. The van der Waals surface area contributed by atoms with Gasteiger partial charge in [0, 0.05) is 0 Å². The normalized spacial score (nSPS) is 11.2. The Morgan fingerprint density at radius 3 is 2.59 bits per heavy atom. The molecule has 0 saturated heterocycles. The molecule has 0 aliphatic heterocycles. The fourth-order valence-electron chi connectivity index (χ4n) is 1.12. The van der Waals surface area contributed by atoms with Crippen molar-refractivity contribution in [3.05, 3.63) is 29.6 Å². The number of esters is 1. The van der Waals surface area contributed by atoms with Gasteiger partial charge in [-0.2, -0.15) is 0 Å². The van der Waals surface area contributed by atoms with Crippen LogP contribution in [0, 0.1) is 5.82 Å². The van der Waals surface area contributed by atoms with Crippen LogP contribution in [0.3, 0.4) is 0 Å². The van der Waals surface area contributed by atoms with Gasteiger partial charge in [0.05, 0.1) is 17.1 Å². The third-order valence-electron chi connectivity index (χ3n) is 1.87. The van der Waals surface area contributed by atoms with Crippen LogP contribution in [0.25, 0.3) is 0 Å². The second-order valence-corrected chi connectivity index (χ2v) is 4.92. The molecule has 0 bridgehead atoms. The Morgan fingerprint density at radius 2 is 2.06 bits per heavy atom. The average molecular weight is 261 g/mol. The molecule has 7 heteroatoms. The zero-order chi connectivity index (χ0) is 13.1. The van der Waals surface area contributed by atoms with Crippen molar-refractivity contribution in [2.45, 2.75) is 18.2 Å². The van der Waals surface area contributed by atoms with Crippen LogP contribution >= 0.6 is 0 Å². The van der Waals surface area contributed by atoms with Gasteiger partial charge in [-0.05, 0) is 24.6 Å². The number of primary sulfonamides is 1. The van der Waals surface area contributed by atoms with Gasteiger partial charge in [-0.15, -0.1) is 0 Å². The number of benzene rings is 1. The quantitative estimate of drug-likeness (QED) is 0.820. The summed E-state index contributed by atoms with van der Waals surface area (Å²) >= 11 is 0. The Kier molecular flexibility index (Phi) is 4.19. The first-order valence-electron chi connectivity index (χ1n) is 4.85. The molecule has 0 aliphatic rings. The lowest BCUT2D eigenvalue weighted by molar-refractivity contribution is 0.0504. The summed E-state index contributed by atoms with van der Waals surface area (Å²) in [5, 5.41) is 4.85. The van der Waals surface area contributed by atoms with Gasteiger partial charge in [0.15, 0.2) is 0 Å². The van der Waals surface area contributed by atoms with Crippen LogP contribution in [0.15, 0.2) is 23.1 Å². The van der Waals surface area contributed by atoms with Crippen molar-refractivity contribution < 1.29 is 22.3 Å². The van der Waals surface area contributed by atoms with E-state index >= 15 is 0 Å². The lowest BCUT2D eigenvalue weighted by atomic mass is 10.2. The van der Waals surface area contributed by atoms with Crippen LogP contribution in [0.2, 0.25) is 0 Å². The number of carbonyl (C=O) groups is 1. The van der Waals surface area contributed by atoms with Crippen molar-refractivity contribution in [3.8, 4) is 0 Å². The molecule has 0 aromatic heterocycles. The van der Waals surface area contributed by atoms with Crippen LogP contribution in [0.4, 0.5) is 4.39 Å². The van der Waals surface area contributed by atoms with Crippen LogP contribution in [-0.4, -0.2) is 21.0 Å². The molecule has 94 valence electrons. The molecule has 1 aromatic carbocycles. The van der Waals surface area contributed by atoms with Crippen molar-refractivity contribution in [3.63, 3.8) is 0 Å². The molecular formula is C10H12FNO4S. The SMILES string of the molecule is CCCOC(=O)c1cc(F)cc(S(N)(=O)=O)c1. The lowest BCUT2D eigenvalue weighted by Crippen LogP contribution is -2.14. The van der Waals surface area contributed by atoms with Crippen molar-refractivity contribution in [2.75, 3.05) is 6.61 Å². The number of rotatable bonds is 4. The number of hydrogen-bond donors (Lipinski definition) is 1. The van der Waals surface area contributed by atoms with Gasteiger partial charge in [-0.25, -0.2) is 22.7 Å². The Bertz CT molecular complexity index is 527. The third kappa shape index (κ3) is 3.79. The number of hydrogen-bond acceptors (Lipinski definition) is 4. The average Bonchev–Trinajstić information content (AvgIpc) is 2.23. The summed E-state index contributed by atoms with van der Waals surface area (Å²) in [5.74, 6) is -1.64. The van der Waals surface area contributed by atoms with Crippen molar-refractivity contribution >= 4 is 16.0 Å². The molecule has 2 N–H and O–H groups in total. The van der Waals surface area contributed by atoms with E-state index < -0.39 is 26.7 Å². The molecule has 0 amide bonds. The van der Waals surface area contributed by atoms with E-state index in [4.69, 9.17) is 9.88 Å². The van der Waals surface area contributed by atoms with Gasteiger partial charge >= 0.3 is 5.97 Å². The summed E-state index contributed by atoms with van der Waals surface area (Å²) in [5.41, 5.74) is -0.178. The second kappa shape index (κ2) is 5.24. The van der Waals surface area contributed by atoms with E-state index in [-0.39, 0.29) is 12.2 Å². The first kappa shape index (κ1) is 13.6. The highest BCUT2D eigenvalue weighted by Crippen LogP contribution is 2.14. The molecule has 0 fully saturated rings. The van der Waals surface area contributed by atoms with Crippen molar-refractivity contribution in [1.29, 1.82) is 0 Å². The Balaban J connectivity index is 3.10. The topological polar surface area (TPSA) is 86.5 Å². The largest absolute Gasteiger partial charge is 0.462 e. The van der Waals surface area contributed by atoms with E-state index in [0.29, 0.717) is 6.42 Å². The number of ether oxygens (including phenoxy) is 1. The summed E-state index contributed by atoms with van der Waals surface area (Å²) in [7, 11) is -4.05. The smallest absolute Gasteiger partial charge is 0.338 e. The second-order valence-electron chi connectivity index (χ2n) is 3.36. The highest BCUT2D eigenvalue weighted by Gasteiger charge is 2.15. The maximum atomic E-state index is 13.1. The monoisotopic (exact) mass is 261 g/mol. The van der Waals surface area contributed by atoms with E-state index in [0.717, 1.165) is 18.2 Å². The van der Waals surface area contributed by atoms with Crippen LogP contribution in [0.5, 0.6) is 0 Å². The summed E-state index contributed by atoms with van der Waals surface area (Å²) in [6, 6.07) is 2.62. The molecule has 0 atom stereocenters. The van der Waals surface area contributed by atoms with Gasteiger partial charge in [0.2, 0.25) is 10.0 Å². The van der Waals surface area contributed by atoms with Crippen LogP contribution < -0.4 is 5.14 Å². The minimum atomic E-state index is -4.05. The molecule has 0 heterocycles. The standard InChI is InChI=1S/C10H12FNO4S/c1-2-3-16-10(13)7-4-8(11)6-9(5-7)17(12,14)15/h4-6H,2-3H2,1H3,(H2,12,14,15). The first-order chi connectivity index (χ1) is 7.84. The summed E-state index contributed by atoms with van der Waals surface area (Å²) in [6.45, 7) is 1.98. The molecule has 17 heavy (non-hydrogen) atoms. The predicted octanol–water partition coefficient (Wildman–Crippen LogP) is 1.04. The van der Waals surface area contributed by atoms with Crippen LogP contribution in [-0.2, 0) is 14.8 Å². The maximum Gasteiger partial charge on any atom is 0.338 e. The molecule has 1 rings (SSSR count). The van der Waals surface area contributed by atoms with E-state index in [1.165, 1.54) is 0 Å². The first-order valence-corrected chi connectivity index (χ1v) is 6.39. The molecule has 5 nitrogen and oxygen atoms in total. The van der Waals surface area contributed by atoms with Gasteiger partial charge < -0.3 is 4.74 Å². The molecule has 0 unspecified atom stereocenters. The van der Waals surface area contributed by atoms with Crippen molar-refractivity contribution in [2.24, 2.45) is 5.14 Å². The Hall–Kier alpha value is -1.47. The minimum Gasteiger partial charge on any atom is -0.462 e. The fraction of sp³-hybridized carbons (Fsp3) is 0.300. The van der Waals surface area contributed by atoms with E-state index in [9.17, 15) is 17.6 Å². The number of halogens is 1. The van der Waals surface area contributed by atoms with Gasteiger partial charge in [-0.3, -0.25) is 0 Å². The molecular weight excluding hydrogens is 249 g/mol. The summed E-state index contributed by atoms with van der Waals surface area (Å²) in [6.07, 6.45) is 0.614. The van der Waals surface area contributed by atoms with Crippen molar-refractivity contribution in [1.82, 2.24) is 0 Å². The third-order valence-corrected chi connectivity index (χ3v) is 2.77. The minimum absolute atomic E-state index is 0.178. The molecule has 0 aliphatic carbocycles. The molecule has 0 radical (unpaired) electrons.